The molecule has 2 aromatic rings. The van der Waals surface area contributed by atoms with E-state index in [1.54, 1.807) is 19.9 Å². The van der Waals surface area contributed by atoms with Crippen molar-refractivity contribution in [2.45, 2.75) is 43.5 Å². The first-order chi connectivity index (χ1) is 16.3. The fourth-order valence-corrected chi connectivity index (χ4v) is 5.48. The number of carbonyl (C=O) groups is 1. The van der Waals surface area contributed by atoms with Crippen molar-refractivity contribution in [2.75, 3.05) is 11.4 Å². The van der Waals surface area contributed by atoms with Crippen molar-refractivity contribution in [3.8, 4) is 0 Å². The summed E-state index contributed by atoms with van der Waals surface area (Å²) in [7, 11) is -4.30. The molecule has 1 N–H and O–H groups in total. The third-order valence-corrected chi connectivity index (χ3v) is 7.97. The van der Waals surface area contributed by atoms with Gasteiger partial charge in [-0.1, -0.05) is 23.7 Å². The maximum atomic E-state index is 14.5. The number of amides is 1. The van der Waals surface area contributed by atoms with Crippen molar-refractivity contribution >= 4 is 33.2 Å². The molecule has 5 nitrogen and oxygen atoms in total. The van der Waals surface area contributed by atoms with Crippen molar-refractivity contribution < 1.29 is 30.8 Å². The zero-order valence-electron chi connectivity index (χ0n) is 18.8. The third-order valence-electron chi connectivity index (χ3n) is 6.19. The Morgan fingerprint density at radius 2 is 1.74 bits per heavy atom. The average molecular weight is 529 g/mol. The molecule has 11 heteroatoms. The number of rotatable bonds is 6. The van der Waals surface area contributed by atoms with Crippen LogP contribution in [0, 0.1) is 17.5 Å². The highest BCUT2D eigenvalue weighted by atomic mass is 35.5. The summed E-state index contributed by atoms with van der Waals surface area (Å²) in [5.74, 6) is -4.39. The van der Waals surface area contributed by atoms with Crippen LogP contribution in [0.5, 0.6) is 0 Å². The molecule has 2 aliphatic rings. The Hall–Kier alpha value is -2.69. The minimum absolute atomic E-state index is 0.151. The van der Waals surface area contributed by atoms with Gasteiger partial charge in [0.05, 0.1) is 16.9 Å². The first-order valence-corrected chi connectivity index (χ1v) is 12.5. The summed E-state index contributed by atoms with van der Waals surface area (Å²) in [4.78, 5) is 14.2. The third kappa shape index (κ3) is 4.62. The van der Waals surface area contributed by atoms with Crippen LogP contribution in [0.1, 0.15) is 37.8 Å². The summed E-state index contributed by atoms with van der Waals surface area (Å²) in [5.41, 5.74) is -0.696. The van der Waals surface area contributed by atoms with Crippen molar-refractivity contribution in [3.05, 3.63) is 81.4 Å². The second kappa shape index (κ2) is 9.07. The second-order valence-electron chi connectivity index (χ2n) is 8.84. The van der Waals surface area contributed by atoms with Crippen LogP contribution in [-0.2, 0) is 26.8 Å². The fraction of sp³-hybridized carbons (Fsp3) is 0.292. The summed E-state index contributed by atoms with van der Waals surface area (Å²) in [5, 5.41) is 0.196. The molecule has 0 radical (unpaired) electrons. The molecule has 0 saturated carbocycles. The normalized spacial score (nSPS) is 17.6. The molecule has 0 spiro atoms. The zero-order valence-corrected chi connectivity index (χ0v) is 20.3. The van der Waals surface area contributed by atoms with E-state index in [-0.39, 0.29) is 40.1 Å². The Bertz CT molecular complexity index is 1380. The first kappa shape index (κ1) is 25.4. The van der Waals surface area contributed by atoms with Crippen LogP contribution >= 0.6 is 11.6 Å². The van der Waals surface area contributed by atoms with Crippen LogP contribution in [0.25, 0.3) is 0 Å². The Balaban J connectivity index is 1.67. The number of nitrogens with zero attached hydrogens (tertiary/aromatic N) is 1. The summed E-state index contributed by atoms with van der Waals surface area (Å²) in [6.45, 7) is 2.40. The van der Waals surface area contributed by atoms with E-state index in [1.165, 1.54) is 23.1 Å². The van der Waals surface area contributed by atoms with Crippen molar-refractivity contribution in [1.29, 1.82) is 0 Å². The Kier molecular flexibility index (Phi) is 6.58. The van der Waals surface area contributed by atoms with Gasteiger partial charge in [-0.2, -0.15) is 0 Å². The highest BCUT2D eigenvalue weighted by Gasteiger charge is 2.45. The van der Waals surface area contributed by atoms with E-state index in [0.29, 0.717) is 24.1 Å². The van der Waals surface area contributed by atoms with Gasteiger partial charge in [0.15, 0.2) is 0 Å². The highest BCUT2D eigenvalue weighted by molar-refractivity contribution is 7.89. The number of fused-ring (bicyclic) bond motifs is 1. The van der Waals surface area contributed by atoms with Crippen LogP contribution in [0.15, 0.2) is 57.7 Å². The van der Waals surface area contributed by atoms with E-state index in [1.807, 2.05) is 0 Å². The zero-order chi connectivity index (χ0) is 25.7. The van der Waals surface area contributed by atoms with Crippen LogP contribution in [0.3, 0.4) is 0 Å². The van der Waals surface area contributed by atoms with E-state index in [0.717, 1.165) is 0 Å². The topological polar surface area (TPSA) is 66.5 Å². The van der Waals surface area contributed by atoms with Crippen molar-refractivity contribution in [2.24, 2.45) is 0 Å². The number of carbonyl (C=O) groups excluding carboxylic acids is 1. The van der Waals surface area contributed by atoms with Gasteiger partial charge in [0.25, 0.3) is 0 Å². The lowest BCUT2D eigenvalue weighted by Crippen LogP contribution is -2.37. The standard InChI is InChI=1S/C24H21ClF4N2O3S/c1-24(2)17-7-6-14(35(33,34)30-11-15-20(28)8-13(26)9-21(15)29)10-22(17)31(23(24)32)12-16-18(25)4-3-5-19(16)27/h4,6-10,30H,3,5,11-12H2,1-2H3. The maximum absolute atomic E-state index is 14.5. The number of allylic oxidation sites excluding steroid dienone is 2. The largest absolute Gasteiger partial charge is 0.307 e. The number of anilines is 1. The van der Waals surface area contributed by atoms with Gasteiger partial charge in [-0.05, 0) is 38.0 Å². The predicted octanol–water partition coefficient (Wildman–Crippen LogP) is 5.35. The maximum Gasteiger partial charge on any atom is 0.240 e. The van der Waals surface area contributed by atoms with Gasteiger partial charge in [0.1, 0.15) is 23.3 Å². The van der Waals surface area contributed by atoms with E-state index >= 15 is 0 Å². The Morgan fingerprint density at radius 1 is 1.09 bits per heavy atom. The molecular weight excluding hydrogens is 508 g/mol. The molecule has 1 heterocycles. The van der Waals surface area contributed by atoms with Crippen molar-refractivity contribution in [3.63, 3.8) is 0 Å². The number of benzene rings is 2. The quantitative estimate of drug-likeness (QED) is 0.514. The summed E-state index contributed by atoms with van der Waals surface area (Å²) < 4.78 is 83.4. The smallest absolute Gasteiger partial charge is 0.240 e. The van der Waals surface area contributed by atoms with Gasteiger partial charge in [-0.25, -0.2) is 30.7 Å². The van der Waals surface area contributed by atoms with Gasteiger partial charge in [-0.15, -0.1) is 0 Å². The van der Waals surface area contributed by atoms with E-state index in [2.05, 4.69) is 4.72 Å². The molecule has 0 bridgehead atoms. The monoisotopic (exact) mass is 528 g/mol. The number of hydrogen-bond acceptors (Lipinski definition) is 3. The summed E-state index contributed by atoms with van der Waals surface area (Å²) >= 11 is 6.18. The van der Waals surface area contributed by atoms with Crippen LogP contribution < -0.4 is 9.62 Å². The lowest BCUT2D eigenvalue weighted by Gasteiger charge is -2.23. The van der Waals surface area contributed by atoms with Gasteiger partial charge < -0.3 is 4.90 Å². The number of halogens is 5. The van der Waals surface area contributed by atoms with Gasteiger partial charge >= 0.3 is 0 Å². The van der Waals surface area contributed by atoms with Crippen molar-refractivity contribution in [1.82, 2.24) is 4.72 Å². The summed E-state index contributed by atoms with van der Waals surface area (Å²) in [6.07, 6.45) is 2.25. The molecule has 1 aliphatic carbocycles. The number of sulfonamides is 1. The minimum Gasteiger partial charge on any atom is -0.307 e. The van der Waals surface area contributed by atoms with E-state index < -0.39 is 50.8 Å². The molecule has 35 heavy (non-hydrogen) atoms. The molecule has 1 amide bonds. The molecule has 0 saturated heterocycles. The molecule has 186 valence electrons. The Morgan fingerprint density at radius 3 is 2.37 bits per heavy atom. The first-order valence-electron chi connectivity index (χ1n) is 10.7. The summed E-state index contributed by atoms with van der Waals surface area (Å²) in [6, 6.07) is 4.90. The molecule has 0 aromatic heterocycles. The van der Waals surface area contributed by atoms with Gasteiger partial charge in [-0.3, -0.25) is 4.79 Å². The lowest BCUT2D eigenvalue weighted by atomic mass is 9.86. The highest BCUT2D eigenvalue weighted by Crippen LogP contribution is 2.44. The SMILES string of the molecule is CC1(C)C(=O)N(CC2=C(F)CCC=C2Cl)c2cc(S(=O)(=O)NCc3c(F)cc(F)cc3F)ccc21. The molecule has 0 unspecified atom stereocenters. The predicted molar refractivity (Wildman–Crippen MR) is 123 cm³/mol. The van der Waals surface area contributed by atoms with E-state index in [9.17, 15) is 30.8 Å². The Labute approximate surface area is 205 Å². The lowest BCUT2D eigenvalue weighted by molar-refractivity contribution is -0.122. The average Bonchev–Trinajstić information content (AvgIpc) is 2.95. The van der Waals surface area contributed by atoms with Gasteiger partial charge in [0.2, 0.25) is 15.9 Å². The molecular formula is C24H21ClF4N2O3S. The number of hydrogen-bond donors (Lipinski definition) is 1. The minimum atomic E-state index is -4.30. The van der Waals surface area contributed by atoms with Crippen LogP contribution in [0.2, 0.25) is 0 Å². The number of nitrogens with one attached hydrogen (secondary N) is 1. The molecule has 1 aliphatic heterocycles. The van der Waals surface area contributed by atoms with Crippen LogP contribution in [0.4, 0.5) is 23.2 Å². The second-order valence-corrected chi connectivity index (χ2v) is 11.0. The fourth-order valence-electron chi connectivity index (χ4n) is 4.19. The molecule has 0 fully saturated rings. The molecule has 0 atom stereocenters. The van der Waals surface area contributed by atoms with Crippen LogP contribution in [-0.4, -0.2) is 20.9 Å². The van der Waals surface area contributed by atoms with Gasteiger partial charge in [0, 0.05) is 47.0 Å². The molecule has 4 rings (SSSR count). The molecule has 2 aromatic carbocycles. The van der Waals surface area contributed by atoms with E-state index in [4.69, 9.17) is 11.6 Å².